The third-order valence-electron chi connectivity index (χ3n) is 2.88. The van der Waals surface area contributed by atoms with Gasteiger partial charge in [-0.2, -0.15) is 0 Å². The topological polar surface area (TPSA) is 37.4 Å². The highest BCUT2D eigenvalue weighted by Crippen LogP contribution is 2.23. The van der Waals surface area contributed by atoms with Crippen LogP contribution in [0, 0.1) is 0 Å². The summed E-state index contributed by atoms with van der Waals surface area (Å²) in [6, 6.07) is 0.428. The molecule has 1 aliphatic rings. The van der Waals surface area contributed by atoms with Crippen molar-refractivity contribution < 1.29 is 9.59 Å². The Bertz CT molecular complexity index is 207. The summed E-state index contributed by atoms with van der Waals surface area (Å²) in [6.07, 6.45) is 6.17. The molecule has 0 atom stereocenters. The van der Waals surface area contributed by atoms with Crippen LogP contribution in [0.25, 0.3) is 0 Å². The second-order valence-corrected chi connectivity index (χ2v) is 4.25. The molecule has 0 bridgehead atoms. The lowest BCUT2D eigenvalue weighted by atomic mass is 9.93. The van der Waals surface area contributed by atoms with Crippen molar-refractivity contribution in [3.8, 4) is 0 Å². The van der Waals surface area contributed by atoms with Gasteiger partial charge < -0.3 is 4.90 Å². The molecule has 1 fully saturated rings. The average Bonchev–Trinajstić information content (AvgIpc) is 2.19. The molecule has 1 rings (SSSR count). The fraction of sp³-hybridized carbons (Fsp3) is 0.818. The lowest BCUT2D eigenvalue weighted by molar-refractivity contribution is -0.142. The molecule has 0 spiro atoms. The van der Waals surface area contributed by atoms with Crippen LogP contribution in [0.5, 0.6) is 0 Å². The molecule has 0 aromatic rings. The largest absolute Gasteiger partial charge is 0.331 e. The summed E-state index contributed by atoms with van der Waals surface area (Å²) < 4.78 is 0. The fourth-order valence-electron chi connectivity index (χ4n) is 2.28. The molecule has 0 aromatic carbocycles. The Hall–Kier alpha value is -0.860. The lowest BCUT2D eigenvalue weighted by Crippen LogP contribution is -2.46. The van der Waals surface area contributed by atoms with Crippen LogP contribution in [-0.4, -0.2) is 29.2 Å². The second kappa shape index (κ2) is 5.13. The van der Waals surface area contributed by atoms with Gasteiger partial charge in [-0.15, -0.1) is 0 Å². The van der Waals surface area contributed by atoms with E-state index in [9.17, 15) is 9.59 Å². The molecule has 14 heavy (non-hydrogen) atoms. The van der Waals surface area contributed by atoms with Crippen molar-refractivity contribution in [1.29, 1.82) is 0 Å². The molecule has 1 saturated carbocycles. The van der Waals surface area contributed by atoms with E-state index in [0.717, 1.165) is 12.8 Å². The summed E-state index contributed by atoms with van der Waals surface area (Å²) in [5.41, 5.74) is 0. The molecule has 0 N–H and O–H groups in total. The maximum atomic E-state index is 11.4. The van der Waals surface area contributed by atoms with Gasteiger partial charge in [0.25, 0.3) is 5.91 Å². The van der Waals surface area contributed by atoms with E-state index in [-0.39, 0.29) is 11.9 Å². The van der Waals surface area contributed by atoms with Crippen molar-refractivity contribution in [3.05, 3.63) is 0 Å². The van der Waals surface area contributed by atoms with Crippen molar-refractivity contribution in [2.75, 3.05) is 0 Å². The standard InChI is InChI=1S/C11H19NO2/c1-9(2)12(11(14)8-13)10-6-4-3-5-7-10/h8-10H,3-7H2,1-2H3. The summed E-state index contributed by atoms with van der Waals surface area (Å²) in [6.45, 7) is 3.94. The summed E-state index contributed by atoms with van der Waals surface area (Å²) >= 11 is 0. The van der Waals surface area contributed by atoms with Crippen LogP contribution in [0.4, 0.5) is 0 Å². The van der Waals surface area contributed by atoms with E-state index in [1.807, 2.05) is 13.8 Å². The first kappa shape index (κ1) is 11.2. The van der Waals surface area contributed by atoms with Crippen LogP contribution < -0.4 is 0 Å². The zero-order valence-electron chi connectivity index (χ0n) is 9.03. The van der Waals surface area contributed by atoms with Crippen LogP contribution in [0.2, 0.25) is 0 Å². The Balaban J connectivity index is 2.65. The predicted molar refractivity (Wildman–Crippen MR) is 54.9 cm³/mol. The van der Waals surface area contributed by atoms with E-state index in [1.165, 1.54) is 19.3 Å². The van der Waals surface area contributed by atoms with Gasteiger partial charge in [-0.05, 0) is 26.7 Å². The molecule has 0 aliphatic heterocycles. The minimum Gasteiger partial charge on any atom is -0.331 e. The minimum atomic E-state index is -0.355. The van der Waals surface area contributed by atoms with Crippen LogP contribution in [0.1, 0.15) is 46.0 Å². The van der Waals surface area contributed by atoms with E-state index < -0.39 is 0 Å². The molecule has 0 radical (unpaired) electrons. The summed E-state index contributed by atoms with van der Waals surface area (Å²) in [4.78, 5) is 23.7. The number of carbonyl (C=O) groups excluding carboxylic acids is 2. The Kier molecular flexibility index (Phi) is 4.11. The first-order chi connectivity index (χ1) is 6.66. The maximum Gasteiger partial charge on any atom is 0.287 e. The van der Waals surface area contributed by atoms with Gasteiger partial charge in [0.1, 0.15) is 0 Å². The second-order valence-electron chi connectivity index (χ2n) is 4.25. The fourth-order valence-corrected chi connectivity index (χ4v) is 2.28. The summed E-state index contributed by atoms with van der Waals surface area (Å²) in [5.74, 6) is -0.355. The SMILES string of the molecule is CC(C)N(C(=O)C=O)C1CCCCC1. The Morgan fingerprint density at radius 2 is 1.86 bits per heavy atom. The van der Waals surface area contributed by atoms with Gasteiger partial charge >= 0.3 is 0 Å². The van der Waals surface area contributed by atoms with Crippen LogP contribution >= 0.6 is 0 Å². The Morgan fingerprint density at radius 3 is 2.29 bits per heavy atom. The average molecular weight is 197 g/mol. The predicted octanol–water partition coefficient (Wildman–Crippen LogP) is 1.75. The number of hydrogen-bond acceptors (Lipinski definition) is 2. The molecule has 0 unspecified atom stereocenters. The summed E-state index contributed by atoms with van der Waals surface area (Å²) in [5, 5.41) is 0. The van der Waals surface area contributed by atoms with Crippen molar-refractivity contribution in [2.24, 2.45) is 0 Å². The molecule has 0 aromatic heterocycles. The van der Waals surface area contributed by atoms with Gasteiger partial charge in [0, 0.05) is 12.1 Å². The van der Waals surface area contributed by atoms with Crippen molar-refractivity contribution in [3.63, 3.8) is 0 Å². The Morgan fingerprint density at radius 1 is 1.29 bits per heavy atom. The van der Waals surface area contributed by atoms with Gasteiger partial charge in [0.05, 0.1) is 0 Å². The molecule has 0 saturated heterocycles. The van der Waals surface area contributed by atoms with Crippen molar-refractivity contribution in [1.82, 2.24) is 4.90 Å². The van der Waals surface area contributed by atoms with Crippen LogP contribution in [0.15, 0.2) is 0 Å². The quantitative estimate of drug-likeness (QED) is 0.510. The number of amides is 1. The highest BCUT2D eigenvalue weighted by Gasteiger charge is 2.26. The molecule has 0 heterocycles. The highest BCUT2D eigenvalue weighted by molar-refractivity contribution is 6.23. The first-order valence-electron chi connectivity index (χ1n) is 5.44. The Labute approximate surface area is 85.5 Å². The third kappa shape index (κ3) is 2.56. The van der Waals surface area contributed by atoms with Gasteiger partial charge in [0.15, 0.2) is 0 Å². The van der Waals surface area contributed by atoms with Crippen molar-refractivity contribution in [2.45, 2.75) is 58.0 Å². The van der Waals surface area contributed by atoms with Crippen molar-refractivity contribution >= 4 is 12.2 Å². The van der Waals surface area contributed by atoms with Gasteiger partial charge in [0.2, 0.25) is 6.29 Å². The normalized spacial score (nSPS) is 18.2. The lowest BCUT2D eigenvalue weighted by Gasteiger charge is -2.36. The molecule has 80 valence electrons. The monoisotopic (exact) mass is 197 g/mol. The first-order valence-corrected chi connectivity index (χ1v) is 5.44. The molecular formula is C11H19NO2. The van der Waals surface area contributed by atoms with Crippen LogP contribution in [0.3, 0.4) is 0 Å². The molecule has 3 nitrogen and oxygen atoms in total. The number of aldehydes is 1. The maximum absolute atomic E-state index is 11.4. The zero-order valence-corrected chi connectivity index (χ0v) is 9.03. The molecule has 3 heteroatoms. The number of hydrogen-bond donors (Lipinski definition) is 0. The highest BCUT2D eigenvalue weighted by atomic mass is 16.2. The van der Waals surface area contributed by atoms with Gasteiger partial charge in [-0.25, -0.2) is 0 Å². The van der Waals surface area contributed by atoms with E-state index in [2.05, 4.69) is 0 Å². The van der Waals surface area contributed by atoms with Gasteiger partial charge in [-0.1, -0.05) is 19.3 Å². The minimum absolute atomic E-state index is 0.135. The summed E-state index contributed by atoms with van der Waals surface area (Å²) in [7, 11) is 0. The smallest absolute Gasteiger partial charge is 0.287 e. The van der Waals surface area contributed by atoms with Crippen LogP contribution in [-0.2, 0) is 9.59 Å². The number of rotatable bonds is 3. The number of carbonyl (C=O) groups is 2. The van der Waals surface area contributed by atoms with Gasteiger partial charge in [-0.3, -0.25) is 9.59 Å². The van der Waals surface area contributed by atoms with E-state index in [4.69, 9.17) is 0 Å². The molecule has 1 aliphatic carbocycles. The van der Waals surface area contributed by atoms with E-state index in [0.29, 0.717) is 12.3 Å². The molecular weight excluding hydrogens is 178 g/mol. The molecule has 1 amide bonds. The van der Waals surface area contributed by atoms with E-state index >= 15 is 0 Å². The third-order valence-corrected chi connectivity index (χ3v) is 2.88. The number of nitrogens with zero attached hydrogens (tertiary/aromatic N) is 1. The van der Waals surface area contributed by atoms with E-state index in [1.54, 1.807) is 4.90 Å². The zero-order chi connectivity index (χ0) is 10.6.